The van der Waals surface area contributed by atoms with Crippen LogP contribution in [-0.2, 0) is 4.74 Å². The van der Waals surface area contributed by atoms with Gasteiger partial charge in [0.2, 0.25) is 0 Å². The van der Waals surface area contributed by atoms with E-state index in [1.54, 1.807) is 24.3 Å². The first-order chi connectivity index (χ1) is 12.6. The van der Waals surface area contributed by atoms with E-state index in [0.29, 0.717) is 9.75 Å². The molecule has 1 heterocycles. The molecule has 26 heavy (non-hydrogen) atoms. The number of nitrogens with one attached hydrogen (secondary N) is 1. The molecule has 0 aliphatic heterocycles. The van der Waals surface area contributed by atoms with Gasteiger partial charge in [0.05, 0.1) is 18.0 Å². The molecule has 6 heteroatoms. The molecule has 1 aromatic heterocycles. The Bertz CT molecular complexity index is 906. The Labute approximate surface area is 154 Å². The summed E-state index contributed by atoms with van der Waals surface area (Å²) in [6.45, 7) is 0. The summed E-state index contributed by atoms with van der Waals surface area (Å²) in [7, 11) is 1.29. The molecule has 0 radical (unpaired) electrons. The molecule has 1 N–H and O–H groups in total. The van der Waals surface area contributed by atoms with Gasteiger partial charge < -0.3 is 10.1 Å². The molecule has 3 rings (SSSR count). The topological polar surface area (TPSA) is 55.4 Å². The lowest BCUT2D eigenvalue weighted by molar-refractivity contribution is 0.0606. The minimum atomic E-state index is -0.479. The molecule has 0 spiro atoms. The predicted molar refractivity (Wildman–Crippen MR) is 97.8 cm³/mol. The normalized spacial score (nSPS) is 11.6. The highest BCUT2D eigenvalue weighted by Crippen LogP contribution is 2.24. The maximum atomic E-state index is 13.3. The van der Waals surface area contributed by atoms with Crippen LogP contribution in [0.5, 0.6) is 0 Å². The zero-order valence-corrected chi connectivity index (χ0v) is 14.8. The second kappa shape index (κ2) is 7.93. The van der Waals surface area contributed by atoms with Crippen LogP contribution in [0, 0.1) is 5.82 Å². The quantitative estimate of drug-likeness (QED) is 0.686. The zero-order valence-electron chi connectivity index (χ0n) is 13.9. The number of thiophene rings is 1. The predicted octanol–water partition coefficient (Wildman–Crippen LogP) is 4.19. The summed E-state index contributed by atoms with van der Waals surface area (Å²) in [5, 5.41) is 2.95. The van der Waals surface area contributed by atoms with Crippen molar-refractivity contribution < 1.29 is 18.7 Å². The summed E-state index contributed by atoms with van der Waals surface area (Å²) in [5.41, 5.74) is 1.63. The first-order valence-electron chi connectivity index (χ1n) is 7.88. The van der Waals surface area contributed by atoms with Crippen LogP contribution in [0.1, 0.15) is 36.5 Å². The van der Waals surface area contributed by atoms with Crippen molar-refractivity contribution in [3.8, 4) is 0 Å². The fourth-order valence-corrected chi connectivity index (χ4v) is 3.36. The fourth-order valence-electron chi connectivity index (χ4n) is 2.53. The summed E-state index contributed by atoms with van der Waals surface area (Å²) in [4.78, 5) is 25.0. The van der Waals surface area contributed by atoms with Crippen LogP contribution in [0.25, 0.3) is 0 Å². The number of carbonyl (C=O) groups excluding carboxylic acids is 2. The molecule has 1 unspecified atom stereocenters. The monoisotopic (exact) mass is 369 g/mol. The Morgan fingerprint density at radius 1 is 0.923 bits per heavy atom. The number of hydrogen-bond acceptors (Lipinski definition) is 4. The number of esters is 1. The molecule has 2 aromatic carbocycles. The van der Waals surface area contributed by atoms with E-state index in [0.717, 1.165) is 22.5 Å². The minimum absolute atomic E-state index is 0.316. The highest BCUT2D eigenvalue weighted by atomic mass is 32.1. The van der Waals surface area contributed by atoms with E-state index < -0.39 is 12.0 Å². The van der Waals surface area contributed by atoms with Crippen LogP contribution >= 0.6 is 11.3 Å². The van der Waals surface area contributed by atoms with Crippen LogP contribution in [0.15, 0.2) is 66.7 Å². The van der Waals surface area contributed by atoms with Gasteiger partial charge in [-0.3, -0.25) is 4.79 Å². The van der Waals surface area contributed by atoms with Crippen LogP contribution in [0.4, 0.5) is 4.39 Å². The second-order valence-electron chi connectivity index (χ2n) is 5.52. The van der Waals surface area contributed by atoms with Gasteiger partial charge in [-0.15, -0.1) is 11.3 Å². The average Bonchev–Trinajstić information content (AvgIpc) is 3.17. The Morgan fingerprint density at radius 2 is 1.54 bits per heavy atom. The highest BCUT2D eigenvalue weighted by molar-refractivity contribution is 7.15. The number of benzene rings is 2. The van der Waals surface area contributed by atoms with Gasteiger partial charge in [-0.05, 0) is 35.4 Å². The Balaban J connectivity index is 1.88. The lowest BCUT2D eigenvalue weighted by Crippen LogP contribution is -2.28. The van der Waals surface area contributed by atoms with Crippen LogP contribution < -0.4 is 5.32 Å². The van der Waals surface area contributed by atoms with E-state index in [2.05, 4.69) is 10.1 Å². The van der Waals surface area contributed by atoms with Crippen molar-refractivity contribution in [3.63, 3.8) is 0 Å². The van der Waals surface area contributed by atoms with Crippen molar-refractivity contribution in [2.45, 2.75) is 6.04 Å². The SMILES string of the molecule is COC(=O)c1ccc(C(=O)NC(c2ccccc2)c2ccc(F)cc2)s1. The van der Waals surface area contributed by atoms with Crippen molar-refractivity contribution in [3.05, 3.63) is 93.4 Å². The van der Waals surface area contributed by atoms with E-state index in [-0.39, 0.29) is 11.7 Å². The Morgan fingerprint density at radius 3 is 2.19 bits per heavy atom. The van der Waals surface area contributed by atoms with Crippen LogP contribution in [0.3, 0.4) is 0 Å². The number of carbonyl (C=O) groups is 2. The van der Waals surface area contributed by atoms with Crippen molar-refractivity contribution >= 4 is 23.2 Å². The third kappa shape index (κ3) is 3.97. The molecule has 132 valence electrons. The third-order valence-corrected chi connectivity index (χ3v) is 4.89. The summed E-state index contributed by atoms with van der Waals surface area (Å²) in [6, 6.07) is 18.1. The maximum Gasteiger partial charge on any atom is 0.348 e. The smallest absolute Gasteiger partial charge is 0.348 e. The van der Waals surface area contributed by atoms with Gasteiger partial charge >= 0.3 is 5.97 Å². The lowest BCUT2D eigenvalue weighted by Gasteiger charge is -2.19. The number of ether oxygens (including phenoxy) is 1. The van der Waals surface area contributed by atoms with E-state index in [1.165, 1.54) is 19.2 Å². The van der Waals surface area contributed by atoms with Gasteiger partial charge in [0.15, 0.2) is 0 Å². The van der Waals surface area contributed by atoms with Gasteiger partial charge in [-0.1, -0.05) is 42.5 Å². The van der Waals surface area contributed by atoms with E-state index in [1.807, 2.05) is 30.3 Å². The standard InChI is InChI=1S/C20H16FNO3S/c1-25-20(24)17-12-11-16(26-17)19(23)22-18(13-5-3-2-4-6-13)14-7-9-15(21)10-8-14/h2-12,18H,1H3,(H,22,23). The summed E-state index contributed by atoms with van der Waals surface area (Å²) in [5.74, 6) is -1.14. The molecule has 0 saturated carbocycles. The molecular weight excluding hydrogens is 353 g/mol. The molecule has 1 amide bonds. The van der Waals surface area contributed by atoms with Gasteiger partial charge in [0, 0.05) is 0 Å². The zero-order chi connectivity index (χ0) is 18.5. The number of hydrogen-bond donors (Lipinski definition) is 1. The third-order valence-electron chi connectivity index (χ3n) is 3.83. The molecule has 0 aliphatic carbocycles. The van der Waals surface area contributed by atoms with Gasteiger partial charge in [0.1, 0.15) is 10.7 Å². The first-order valence-corrected chi connectivity index (χ1v) is 8.69. The molecule has 3 aromatic rings. The molecule has 4 nitrogen and oxygen atoms in total. The number of halogens is 1. The van der Waals surface area contributed by atoms with Gasteiger partial charge in [0.25, 0.3) is 5.91 Å². The van der Waals surface area contributed by atoms with Crippen molar-refractivity contribution in [1.82, 2.24) is 5.32 Å². The second-order valence-corrected chi connectivity index (χ2v) is 6.61. The van der Waals surface area contributed by atoms with Crippen LogP contribution in [0.2, 0.25) is 0 Å². The molecule has 0 bridgehead atoms. The highest BCUT2D eigenvalue weighted by Gasteiger charge is 2.20. The summed E-state index contributed by atoms with van der Waals surface area (Å²) in [6.07, 6.45) is 0. The largest absolute Gasteiger partial charge is 0.465 e. The number of amides is 1. The maximum absolute atomic E-state index is 13.3. The number of rotatable bonds is 5. The average molecular weight is 369 g/mol. The minimum Gasteiger partial charge on any atom is -0.465 e. The van der Waals surface area contributed by atoms with Gasteiger partial charge in [-0.25, -0.2) is 9.18 Å². The van der Waals surface area contributed by atoms with E-state index in [4.69, 9.17) is 0 Å². The van der Waals surface area contributed by atoms with Crippen molar-refractivity contribution in [2.24, 2.45) is 0 Å². The van der Waals surface area contributed by atoms with E-state index in [9.17, 15) is 14.0 Å². The molecule has 0 fully saturated rings. The molecule has 0 saturated heterocycles. The summed E-state index contributed by atoms with van der Waals surface area (Å²) >= 11 is 1.06. The number of methoxy groups -OCH3 is 1. The van der Waals surface area contributed by atoms with Crippen molar-refractivity contribution in [2.75, 3.05) is 7.11 Å². The Hall–Kier alpha value is -2.99. The molecule has 0 aliphatic rings. The van der Waals surface area contributed by atoms with Gasteiger partial charge in [-0.2, -0.15) is 0 Å². The van der Waals surface area contributed by atoms with Crippen LogP contribution in [-0.4, -0.2) is 19.0 Å². The Kier molecular flexibility index (Phi) is 5.43. The molecule has 1 atom stereocenters. The first kappa shape index (κ1) is 17.8. The van der Waals surface area contributed by atoms with Crippen molar-refractivity contribution in [1.29, 1.82) is 0 Å². The summed E-state index contributed by atoms with van der Waals surface area (Å²) < 4.78 is 17.9. The molecular formula is C20H16FNO3S. The lowest BCUT2D eigenvalue weighted by atomic mass is 9.98. The van der Waals surface area contributed by atoms with E-state index >= 15 is 0 Å². The fraction of sp³-hybridized carbons (Fsp3) is 0.100.